The van der Waals surface area contributed by atoms with Gasteiger partial charge in [-0.05, 0) is 12.8 Å². The molecule has 3 heteroatoms. The van der Waals surface area contributed by atoms with Crippen molar-refractivity contribution >= 4 is 11.7 Å². The Bertz CT molecular complexity index is 236. The van der Waals surface area contributed by atoms with Gasteiger partial charge in [-0.1, -0.05) is 39.0 Å². The Hall–Kier alpha value is -0.860. The standard InChI is InChI=1S/C12H21NO2/c1-3-4-5-6-7-8-9-10-11(13-10)12(14)15-2/h11H,3-9H2,1-2H3. The molecule has 1 rings (SSSR count). The van der Waals surface area contributed by atoms with E-state index in [1.54, 1.807) is 0 Å². The first-order chi connectivity index (χ1) is 7.29. The van der Waals surface area contributed by atoms with Gasteiger partial charge in [0.25, 0.3) is 0 Å². The first-order valence-electron chi connectivity index (χ1n) is 5.94. The molecule has 0 fully saturated rings. The van der Waals surface area contributed by atoms with Crippen molar-refractivity contribution in [2.45, 2.75) is 57.9 Å². The summed E-state index contributed by atoms with van der Waals surface area (Å²) >= 11 is 0. The minimum atomic E-state index is -0.217. The van der Waals surface area contributed by atoms with Gasteiger partial charge in [0.05, 0.1) is 7.11 Å². The summed E-state index contributed by atoms with van der Waals surface area (Å²) in [6.45, 7) is 2.22. The fourth-order valence-electron chi connectivity index (χ4n) is 1.72. The molecule has 1 aliphatic heterocycles. The van der Waals surface area contributed by atoms with Gasteiger partial charge in [-0.15, -0.1) is 0 Å². The summed E-state index contributed by atoms with van der Waals surface area (Å²) in [5.74, 6) is -0.198. The van der Waals surface area contributed by atoms with E-state index in [1.165, 1.54) is 39.2 Å². The van der Waals surface area contributed by atoms with E-state index in [1.807, 2.05) is 0 Å². The number of carbonyl (C=O) groups is 1. The number of nitrogens with zero attached hydrogens (tertiary/aromatic N) is 1. The smallest absolute Gasteiger partial charge is 0.336 e. The molecule has 15 heavy (non-hydrogen) atoms. The summed E-state index contributed by atoms with van der Waals surface area (Å²) in [5.41, 5.74) is 1.04. The molecular formula is C12H21NO2. The van der Waals surface area contributed by atoms with E-state index in [2.05, 4.69) is 16.7 Å². The lowest BCUT2D eigenvalue weighted by Crippen LogP contribution is -2.14. The third kappa shape index (κ3) is 4.45. The molecule has 0 aromatic rings. The second kappa shape index (κ2) is 6.59. The van der Waals surface area contributed by atoms with Crippen LogP contribution >= 0.6 is 0 Å². The first-order valence-corrected chi connectivity index (χ1v) is 5.94. The Morgan fingerprint density at radius 1 is 1.27 bits per heavy atom. The maximum atomic E-state index is 11.0. The van der Waals surface area contributed by atoms with Crippen molar-refractivity contribution in [3.8, 4) is 0 Å². The number of methoxy groups -OCH3 is 1. The first kappa shape index (κ1) is 12.2. The molecule has 3 nitrogen and oxygen atoms in total. The van der Waals surface area contributed by atoms with E-state index < -0.39 is 0 Å². The molecule has 0 saturated heterocycles. The number of aliphatic imine (C=N–C) groups is 1. The maximum absolute atomic E-state index is 11.0. The molecule has 0 aromatic carbocycles. The van der Waals surface area contributed by atoms with Gasteiger partial charge >= 0.3 is 5.97 Å². The summed E-state index contributed by atoms with van der Waals surface area (Å²) in [6, 6.07) is -0.217. The Morgan fingerprint density at radius 2 is 1.93 bits per heavy atom. The zero-order chi connectivity index (χ0) is 11.1. The van der Waals surface area contributed by atoms with Crippen molar-refractivity contribution in [2.75, 3.05) is 7.11 Å². The highest BCUT2D eigenvalue weighted by molar-refractivity contribution is 6.16. The van der Waals surface area contributed by atoms with Gasteiger partial charge in [0.2, 0.25) is 0 Å². The van der Waals surface area contributed by atoms with Crippen LogP contribution in [-0.4, -0.2) is 24.8 Å². The predicted molar refractivity (Wildman–Crippen MR) is 61.2 cm³/mol. The van der Waals surface area contributed by atoms with E-state index in [0.29, 0.717) is 0 Å². The Balaban J connectivity index is 1.90. The van der Waals surface area contributed by atoms with Crippen molar-refractivity contribution in [1.29, 1.82) is 0 Å². The van der Waals surface area contributed by atoms with E-state index in [0.717, 1.165) is 18.6 Å². The van der Waals surface area contributed by atoms with E-state index in [4.69, 9.17) is 0 Å². The number of hydrogen-bond acceptors (Lipinski definition) is 3. The van der Waals surface area contributed by atoms with Gasteiger partial charge in [0.15, 0.2) is 6.04 Å². The highest BCUT2D eigenvalue weighted by Crippen LogP contribution is 2.19. The predicted octanol–water partition coefficient (Wildman–Crippen LogP) is 2.73. The van der Waals surface area contributed by atoms with Crippen LogP contribution < -0.4 is 0 Å². The average Bonchev–Trinajstić information content (AvgIpc) is 3.01. The van der Waals surface area contributed by atoms with Crippen LogP contribution in [0.5, 0.6) is 0 Å². The monoisotopic (exact) mass is 211 g/mol. The second-order valence-electron chi connectivity index (χ2n) is 4.06. The number of unbranched alkanes of at least 4 members (excludes halogenated alkanes) is 5. The minimum Gasteiger partial charge on any atom is -0.467 e. The van der Waals surface area contributed by atoms with Gasteiger partial charge in [0.1, 0.15) is 0 Å². The number of carbonyl (C=O) groups excluding carboxylic acids is 1. The molecule has 0 aromatic heterocycles. The normalized spacial score (nSPS) is 18.5. The van der Waals surface area contributed by atoms with Gasteiger partial charge in [-0.2, -0.15) is 0 Å². The van der Waals surface area contributed by atoms with Crippen LogP contribution in [0.2, 0.25) is 0 Å². The summed E-state index contributed by atoms with van der Waals surface area (Å²) < 4.78 is 4.61. The van der Waals surface area contributed by atoms with Crippen LogP contribution in [0.25, 0.3) is 0 Å². The molecule has 0 aliphatic carbocycles. The number of esters is 1. The Kier molecular flexibility index (Phi) is 5.37. The molecule has 0 amide bonds. The third-order valence-electron chi connectivity index (χ3n) is 2.75. The molecule has 0 bridgehead atoms. The number of rotatable bonds is 8. The highest BCUT2D eigenvalue weighted by Gasteiger charge is 2.34. The lowest BCUT2D eigenvalue weighted by atomic mass is 10.1. The van der Waals surface area contributed by atoms with Crippen LogP contribution in [0.3, 0.4) is 0 Å². The van der Waals surface area contributed by atoms with Crippen LogP contribution in [0.15, 0.2) is 4.99 Å². The number of hydrogen-bond donors (Lipinski definition) is 0. The van der Waals surface area contributed by atoms with E-state index in [9.17, 15) is 4.79 Å². The van der Waals surface area contributed by atoms with Crippen molar-refractivity contribution < 1.29 is 9.53 Å². The fourth-order valence-corrected chi connectivity index (χ4v) is 1.72. The van der Waals surface area contributed by atoms with E-state index in [-0.39, 0.29) is 12.0 Å². The molecule has 0 spiro atoms. The third-order valence-corrected chi connectivity index (χ3v) is 2.75. The molecular weight excluding hydrogens is 190 g/mol. The van der Waals surface area contributed by atoms with Gasteiger partial charge in [-0.3, -0.25) is 4.99 Å². The van der Waals surface area contributed by atoms with Crippen LogP contribution in [0, 0.1) is 0 Å². The van der Waals surface area contributed by atoms with Crippen LogP contribution in [-0.2, 0) is 9.53 Å². The summed E-state index contributed by atoms with van der Waals surface area (Å²) in [6.07, 6.45) is 8.67. The molecule has 86 valence electrons. The van der Waals surface area contributed by atoms with Crippen LogP contribution in [0.4, 0.5) is 0 Å². The zero-order valence-electron chi connectivity index (χ0n) is 9.79. The summed E-state index contributed by atoms with van der Waals surface area (Å²) in [4.78, 5) is 15.1. The average molecular weight is 211 g/mol. The lowest BCUT2D eigenvalue weighted by molar-refractivity contribution is -0.139. The molecule has 0 radical (unpaired) electrons. The SMILES string of the molecule is CCCCCCCCC1=NC1C(=O)OC. The molecule has 1 unspecified atom stereocenters. The zero-order valence-corrected chi connectivity index (χ0v) is 9.79. The minimum absolute atomic E-state index is 0.198. The highest BCUT2D eigenvalue weighted by atomic mass is 16.5. The van der Waals surface area contributed by atoms with E-state index >= 15 is 0 Å². The molecule has 1 atom stereocenters. The van der Waals surface area contributed by atoms with Gasteiger partial charge < -0.3 is 4.74 Å². The quantitative estimate of drug-likeness (QED) is 0.457. The summed E-state index contributed by atoms with van der Waals surface area (Å²) in [5, 5.41) is 0. The number of ether oxygens (including phenoxy) is 1. The van der Waals surface area contributed by atoms with Crippen LogP contribution in [0.1, 0.15) is 51.9 Å². The lowest BCUT2D eigenvalue weighted by Gasteiger charge is -1.98. The molecule has 1 aliphatic rings. The van der Waals surface area contributed by atoms with Crippen molar-refractivity contribution in [3.63, 3.8) is 0 Å². The van der Waals surface area contributed by atoms with Gasteiger partial charge in [-0.25, -0.2) is 4.79 Å². The van der Waals surface area contributed by atoms with Crippen molar-refractivity contribution in [3.05, 3.63) is 0 Å². The topological polar surface area (TPSA) is 38.7 Å². The Morgan fingerprint density at radius 3 is 2.60 bits per heavy atom. The van der Waals surface area contributed by atoms with Crippen molar-refractivity contribution in [2.24, 2.45) is 4.99 Å². The Labute approximate surface area is 91.9 Å². The maximum Gasteiger partial charge on any atom is 0.336 e. The van der Waals surface area contributed by atoms with Gasteiger partial charge in [0, 0.05) is 5.71 Å². The molecule has 0 saturated carbocycles. The molecule has 0 N–H and O–H groups in total. The fraction of sp³-hybridized carbons (Fsp3) is 0.833. The van der Waals surface area contributed by atoms with Crippen molar-refractivity contribution in [1.82, 2.24) is 0 Å². The second-order valence-corrected chi connectivity index (χ2v) is 4.06. The summed E-state index contributed by atoms with van der Waals surface area (Å²) in [7, 11) is 1.42. The molecule has 1 heterocycles. The largest absolute Gasteiger partial charge is 0.467 e.